The highest BCUT2D eigenvalue weighted by Gasteiger charge is 2.29. The van der Waals surface area contributed by atoms with Gasteiger partial charge in [-0.1, -0.05) is 27.2 Å². The van der Waals surface area contributed by atoms with E-state index in [9.17, 15) is 0 Å². The first-order valence-corrected chi connectivity index (χ1v) is 7.25. The molecule has 5 unspecified atom stereocenters. The van der Waals surface area contributed by atoms with Crippen molar-refractivity contribution >= 4 is 0 Å². The minimum Gasteiger partial charge on any atom is -0.317 e. The second-order valence-electron chi connectivity index (χ2n) is 6.14. The molecule has 0 amide bonds. The van der Waals surface area contributed by atoms with E-state index in [0.29, 0.717) is 6.04 Å². The summed E-state index contributed by atoms with van der Waals surface area (Å²) in [7, 11) is 2.09. The molecule has 16 heavy (non-hydrogen) atoms. The summed E-state index contributed by atoms with van der Waals surface area (Å²) in [6.45, 7) is 9.54. The van der Waals surface area contributed by atoms with E-state index in [1.54, 1.807) is 0 Å². The Labute approximate surface area is 102 Å². The summed E-state index contributed by atoms with van der Waals surface area (Å²) in [5.41, 5.74) is 0. The fraction of sp³-hybridized carbons (Fsp3) is 1.00. The van der Waals surface area contributed by atoms with Gasteiger partial charge in [0.05, 0.1) is 0 Å². The third kappa shape index (κ3) is 3.76. The van der Waals surface area contributed by atoms with E-state index in [1.165, 1.54) is 32.1 Å². The second-order valence-corrected chi connectivity index (χ2v) is 6.14. The van der Waals surface area contributed by atoms with E-state index in [4.69, 9.17) is 0 Å². The Hall–Kier alpha value is -0.0400. The molecule has 1 rings (SSSR count). The standard InChI is InChI=1S/C15H31N/c1-6-14(13(4)16-5)7-8-15-10-11(2)9-12(15)3/h11-16H,6-10H2,1-5H3. The lowest BCUT2D eigenvalue weighted by Crippen LogP contribution is -2.30. The van der Waals surface area contributed by atoms with Gasteiger partial charge >= 0.3 is 0 Å². The maximum absolute atomic E-state index is 3.41. The summed E-state index contributed by atoms with van der Waals surface area (Å²) in [4.78, 5) is 0. The van der Waals surface area contributed by atoms with Crippen LogP contribution < -0.4 is 5.32 Å². The Morgan fingerprint density at radius 3 is 2.38 bits per heavy atom. The summed E-state index contributed by atoms with van der Waals surface area (Å²) in [6.07, 6.45) is 7.13. The van der Waals surface area contributed by atoms with Crippen molar-refractivity contribution in [2.75, 3.05) is 7.05 Å². The van der Waals surface area contributed by atoms with Crippen molar-refractivity contribution in [3.63, 3.8) is 0 Å². The second kappa shape index (κ2) is 6.64. The summed E-state index contributed by atoms with van der Waals surface area (Å²) >= 11 is 0. The molecule has 96 valence electrons. The molecule has 0 aromatic rings. The Morgan fingerprint density at radius 1 is 1.25 bits per heavy atom. The molecule has 1 heteroatoms. The molecule has 0 spiro atoms. The van der Waals surface area contributed by atoms with Crippen LogP contribution in [0.2, 0.25) is 0 Å². The van der Waals surface area contributed by atoms with Crippen molar-refractivity contribution in [1.29, 1.82) is 0 Å². The summed E-state index contributed by atoms with van der Waals surface area (Å²) < 4.78 is 0. The highest BCUT2D eigenvalue weighted by atomic mass is 14.9. The van der Waals surface area contributed by atoms with Crippen LogP contribution in [0.5, 0.6) is 0 Å². The first-order chi connectivity index (χ1) is 7.58. The molecular formula is C15H31N. The molecule has 0 heterocycles. The van der Waals surface area contributed by atoms with Gasteiger partial charge in [-0.05, 0) is 63.3 Å². The predicted octanol–water partition coefficient (Wildman–Crippen LogP) is 4.08. The number of hydrogen-bond donors (Lipinski definition) is 1. The minimum absolute atomic E-state index is 0.680. The van der Waals surface area contributed by atoms with Crippen molar-refractivity contribution in [3.8, 4) is 0 Å². The molecule has 0 bridgehead atoms. The average molecular weight is 225 g/mol. The number of rotatable bonds is 6. The lowest BCUT2D eigenvalue weighted by atomic mass is 9.86. The molecule has 0 aromatic carbocycles. The van der Waals surface area contributed by atoms with Gasteiger partial charge in [0.25, 0.3) is 0 Å². The lowest BCUT2D eigenvalue weighted by molar-refractivity contribution is 0.297. The predicted molar refractivity (Wildman–Crippen MR) is 72.6 cm³/mol. The fourth-order valence-electron chi connectivity index (χ4n) is 3.55. The molecular weight excluding hydrogens is 194 g/mol. The molecule has 0 aromatic heterocycles. The van der Waals surface area contributed by atoms with Crippen molar-refractivity contribution in [2.45, 2.75) is 65.8 Å². The van der Waals surface area contributed by atoms with Crippen molar-refractivity contribution in [2.24, 2.45) is 23.7 Å². The minimum atomic E-state index is 0.680. The van der Waals surface area contributed by atoms with Crippen LogP contribution in [0.3, 0.4) is 0 Å². The van der Waals surface area contributed by atoms with E-state index in [2.05, 4.69) is 40.1 Å². The van der Waals surface area contributed by atoms with E-state index in [0.717, 1.165) is 23.7 Å². The molecule has 1 saturated carbocycles. The molecule has 0 radical (unpaired) electrons. The molecule has 1 nitrogen and oxygen atoms in total. The van der Waals surface area contributed by atoms with Gasteiger partial charge in [0, 0.05) is 6.04 Å². The largest absolute Gasteiger partial charge is 0.317 e. The number of nitrogens with one attached hydrogen (secondary N) is 1. The molecule has 1 aliphatic carbocycles. The number of hydrogen-bond acceptors (Lipinski definition) is 1. The van der Waals surface area contributed by atoms with Gasteiger partial charge in [0.2, 0.25) is 0 Å². The zero-order valence-electron chi connectivity index (χ0n) is 11.9. The average Bonchev–Trinajstić information content (AvgIpc) is 2.58. The monoisotopic (exact) mass is 225 g/mol. The van der Waals surface area contributed by atoms with E-state index >= 15 is 0 Å². The molecule has 1 aliphatic rings. The highest BCUT2D eigenvalue weighted by molar-refractivity contribution is 4.80. The van der Waals surface area contributed by atoms with Gasteiger partial charge in [0.1, 0.15) is 0 Å². The van der Waals surface area contributed by atoms with Crippen LogP contribution >= 0.6 is 0 Å². The zero-order valence-corrected chi connectivity index (χ0v) is 11.9. The molecule has 1 N–H and O–H groups in total. The van der Waals surface area contributed by atoms with Gasteiger partial charge in [-0.15, -0.1) is 0 Å². The smallest absolute Gasteiger partial charge is 0.00638 e. The van der Waals surface area contributed by atoms with Crippen LogP contribution in [0, 0.1) is 23.7 Å². The quantitative estimate of drug-likeness (QED) is 0.718. The Balaban J connectivity index is 2.32. The molecule has 0 aliphatic heterocycles. The zero-order chi connectivity index (χ0) is 12.1. The SMILES string of the molecule is CCC(CCC1CC(C)CC1C)C(C)NC. The van der Waals surface area contributed by atoms with Gasteiger partial charge in [0.15, 0.2) is 0 Å². The topological polar surface area (TPSA) is 12.0 Å². The molecule has 1 fully saturated rings. The summed E-state index contributed by atoms with van der Waals surface area (Å²) in [5, 5.41) is 3.41. The lowest BCUT2D eigenvalue weighted by Gasteiger charge is -2.24. The maximum atomic E-state index is 3.41. The first-order valence-electron chi connectivity index (χ1n) is 7.25. The molecule has 5 atom stereocenters. The van der Waals surface area contributed by atoms with Crippen LogP contribution in [0.4, 0.5) is 0 Å². The molecule has 0 saturated heterocycles. The van der Waals surface area contributed by atoms with Crippen LogP contribution in [0.25, 0.3) is 0 Å². The highest BCUT2D eigenvalue weighted by Crippen LogP contribution is 2.39. The van der Waals surface area contributed by atoms with E-state index in [1.807, 2.05) is 0 Å². The summed E-state index contributed by atoms with van der Waals surface area (Å²) in [5.74, 6) is 3.82. The maximum Gasteiger partial charge on any atom is 0.00638 e. The normalized spacial score (nSPS) is 33.9. The van der Waals surface area contributed by atoms with Crippen LogP contribution in [0.15, 0.2) is 0 Å². The third-order valence-electron chi connectivity index (χ3n) is 4.88. The third-order valence-corrected chi connectivity index (χ3v) is 4.88. The Morgan fingerprint density at radius 2 is 1.94 bits per heavy atom. The Kier molecular flexibility index (Phi) is 5.82. The van der Waals surface area contributed by atoms with Gasteiger partial charge in [-0.3, -0.25) is 0 Å². The van der Waals surface area contributed by atoms with Crippen molar-refractivity contribution < 1.29 is 0 Å². The van der Waals surface area contributed by atoms with Crippen LogP contribution in [-0.2, 0) is 0 Å². The van der Waals surface area contributed by atoms with E-state index < -0.39 is 0 Å². The fourth-order valence-corrected chi connectivity index (χ4v) is 3.55. The first kappa shape index (κ1) is 14.0. The summed E-state index contributed by atoms with van der Waals surface area (Å²) in [6, 6.07) is 0.680. The Bertz CT molecular complexity index is 184. The van der Waals surface area contributed by atoms with Gasteiger partial charge in [-0.2, -0.15) is 0 Å². The van der Waals surface area contributed by atoms with Crippen molar-refractivity contribution in [3.05, 3.63) is 0 Å². The van der Waals surface area contributed by atoms with Crippen LogP contribution in [0.1, 0.15) is 59.8 Å². The van der Waals surface area contributed by atoms with Crippen molar-refractivity contribution in [1.82, 2.24) is 5.32 Å². The van der Waals surface area contributed by atoms with E-state index in [-0.39, 0.29) is 0 Å². The van der Waals surface area contributed by atoms with Gasteiger partial charge < -0.3 is 5.32 Å². The van der Waals surface area contributed by atoms with Crippen LogP contribution in [-0.4, -0.2) is 13.1 Å². The van der Waals surface area contributed by atoms with Gasteiger partial charge in [-0.25, -0.2) is 0 Å².